The van der Waals surface area contributed by atoms with Crippen LogP contribution in [0.2, 0.25) is 0 Å². The molecule has 0 fully saturated rings. The van der Waals surface area contributed by atoms with E-state index < -0.39 is 6.10 Å². The highest BCUT2D eigenvalue weighted by atomic mass is 32.2. The molecule has 1 N–H and O–H groups in total. The van der Waals surface area contributed by atoms with Gasteiger partial charge in [-0.2, -0.15) is 0 Å². The second kappa shape index (κ2) is 3.65. The van der Waals surface area contributed by atoms with Crippen LogP contribution < -0.4 is 0 Å². The van der Waals surface area contributed by atoms with Crippen LogP contribution in [0.15, 0.2) is 52.3 Å². The van der Waals surface area contributed by atoms with Crippen LogP contribution in [0.4, 0.5) is 0 Å². The summed E-state index contributed by atoms with van der Waals surface area (Å²) in [5.41, 5.74) is 3.27. The number of hydrogen-bond acceptors (Lipinski definition) is 2. The van der Waals surface area contributed by atoms with Crippen LogP contribution in [-0.2, 0) is 0 Å². The number of fused-ring (bicyclic) bond motifs is 2. The van der Waals surface area contributed by atoms with Crippen molar-refractivity contribution < 1.29 is 5.11 Å². The molecule has 1 unspecified atom stereocenters. The Morgan fingerprint density at radius 2 is 1.75 bits per heavy atom. The molecule has 0 aromatic heterocycles. The van der Waals surface area contributed by atoms with E-state index in [0.29, 0.717) is 0 Å². The Hall–Kier alpha value is -1.25. The molecule has 1 nitrogen and oxygen atoms in total. The Morgan fingerprint density at radius 1 is 1.00 bits per heavy atom. The SMILES string of the molecule is Cc1ccc2c(c1)Sc1ccccc1C2O. The topological polar surface area (TPSA) is 20.2 Å². The lowest BCUT2D eigenvalue weighted by Gasteiger charge is -2.24. The number of hydrogen-bond donors (Lipinski definition) is 1. The number of aryl methyl sites for hydroxylation is 1. The van der Waals surface area contributed by atoms with Crippen molar-refractivity contribution in [2.45, 2.75) is 22.8 Å². The van der Waals surface area contributed by atoms with Crippen molar-refractivity contribution in [3.63, 3.8) is 0 Å². The molecule has 3 rings (SSSR count). The average Bonchev–Trinajstić information content (AvgIpc) is 2.29. The molecule has 2 heteroatoms. The summed E-state index contributed by atoms with van der Waals surface area (Å²) in [7, 11) is 0. The second-order valence-electron chi connectivity index (χ2n) is 4.08. The molecule has 0 aliphatic carbocycles. The summed E-state index contributed by atoms with van der Waals surface area (Å²) in [5.74, 6) is 0. The Labute approximate surface area is 99.1 Å². The zero-order chi connectivity index (χ0) is 11.1. The molecular formula is C14H12OS. The first-order valence-electron chi connectivity index (χ1n) is 5.31. The van der Waals surface area contributed by atoms with Gasteiger partial charge >= 0.3 is 0 Å². The Balaban J connectivity index is 2.18. The summed E-state index contributed by atoms with van der Waals surface area (Å²) < 4.78 is 0. The fraction of sp³-hybridized carbons (Fsp3) is 0.143. The molecule has 1 atom stereocenters. The zero-order valence-electron chi connectivity index (χ0n) is 8.97. The van der Waals surface area contributed by atoms with E-state index >= 15 is 0 Å². The van der Waals surface area contributed by atoms with Crippen molar-refractivity contribution >= 4 is 11.8 Å². The standard InChI is InChI=1S/C14H12OS/c1-9-6-7-11-13(8-9)16-12-5-3-2-4-10(12)14(11)15/h2-8,14-15H,1H3. The van der Waals surface area contributed by atoms with E-state index in [4.69, 9.17) is 0 Å². The average molecular weight is 228 g/mol. The van der Waals surface area contributed by atoms with E-state index in [1.54, 1.807) is 11.8 Å². The minimum Gasteiger partial charge on any atom is -0.384 e. The van der Waals surface area contributed by atoms with Gasteiger partial charge in [-0.15, -0.1) is 0 Å². The zero-order valence-corrected chi connectivity index (χ0v) is 9.79. The van der Waals surface area contributed by atoms with Gasteiger partial charge in [0, 0.05) is 9.79 Å². The van der Waals surface area contributed by atoms with E-state index in [1.165, 1.54) is 10.5 Å². The maximum absolute atomic E-state index is 10.3. The van der Waals surface area contributed by atoms with E-state index in [2.05, 4.69) is 25.1 Å². The van der Waals surface area contributed by atoms with Crippen LogP contribution in [0.3, 0.4) is 0 Å². The minimum atomic E-state index is -0.479. The highest BCUT2D eigenvalue weighted by Gasteiger charge is 2.23. The summed E-state index contributed by atoms with van der Waals surface area (Å²) in [6, 6.07) is 14.3. The lowest BCUT2D eigenvalue weighted by molar-refractivity contribution is 0.213. The van der Waals surface area contributed by atoms with Gasteiger partial charge in [0.1, 0.15) is 6.10 Å². The summed E-state index contributed by atoms with van der Waals surface area (Å²) in [4.78, 5) is 2.33. The first kappa shape index (κ1) is 9.94. The third kappa shape index (κ3) is 1.46. The van der Waals surface area contributed by atoms with Crippen LogP contribution in [0.5, 0.6) is 0 Å². The van der Waals surface area contributed by atoms with Gasteiger partial charge in [-0.1, -0.05) is 42.1 Å². The van der Waals surface area contributed by atoms with Crippen molar-refractivity contribution in [1.82, 2.24) is 0 Å². The minimum absolute atomic E-state index is 0.479. The van der Waals surface area contributed by atoms with Crippen molar-refractivity contribution in [3.8, 4) is 0 Å². The Bertz CT molecular complexity index is 548. The van der Waals surface area contributed by atoms with Gasteiger partial charge in [0.2, 0.25) is 0 Å². The van der Waals surface area contributed by atoms with Gasteiger partial charge in [0.05, 0.1) is 0 Å². The lowest BCUT2D eigenvalue weighted by atomic mass is 10.00. The molecule has 0 saturated carbocycles. The largest absolute Gasteiger partial charge is 0.384 e. The van der Waals surface area contributed by atoms with Crippen molar-refractivity contribution in [3.05, 3.63) is 59.2 Å². The van der Waals surface area contributed by atoms with Crippen molar-refractivity contribution in [1.29, 1.82) is 0 Å². The number of aliphatic hydroxyl groups is 1. The maximum Gasteiger partial charge on any atom is 0.106 e. The van der Waals surface area contributed by atoms with Crippen LogP contribution in [0.25, 0.3) is 0 Å². The smallest absolute Gasteiger partial charge is 0.106 e. The highest BCUT2D eigenvalue weighted by Crippen LogP contribution is 2.44. The van der Waals surface area contributed by atoms with Gasteiger partial charge in [-0.25, -0.2) is 0 Å². The van der Waals surface area contributed by atoms with E-state index in [0.717, 1.165) is 16.0 Å². The summed E-state index contributed by atoms with van der Waals surface area (Å²) in [6.07, 6.45) is -0.479. The Morgan fingerprint density at radius 3 is 2.62 bits per heavy atom. The van der Waals surface area contributed by atoms with Gasteiger partial charge in [-0.05, 0) is 35.7 Å². The fourth-order valence-electron chi connectivity index (χ4n) is 2.04. The van der Waals surface area contributed by atoms with E-state index in [1.807, 2.05) is 24.3 Å². The molecule has 0 spiro atoms. The highest BCUT2D eigenvalue weighted by molar-refractivity contribution is 7.99. The van der Waals surface area contributed by atoms with Gasteiger partial charge in [0.15, 0.2) is 0 Å². The number of aliphatic hydroxyl groups excluding tert-OH is 1. The van der Waals surface area contributed by atoms with Crippen molar-refractivity contribution in [2.75, 3.05) is 0 Å². The fourth-order valence-corrected chi connectivity index (χ4v) is 3.26. The summed E-state index contributed by atoms with van der Waals surface area (Å²) in [6.45, 7) is 2.08. The van der Waals surface area contributed by atoms with Crippen molar-refractivity contribution in [2.24, 2.45) is 0 Å². The van der Waals surface area contributed by atoms with Gasteiger partial charge in [-0.3, -0.25) is 0 Å². The molecule has 0 bridgehead atoms. The second-order valence-corrected chi connectivity index (χ2v) is 5.17. The molecule has 1 aliphatic rings. The maximum atomic E-state index is 10.3. The molecule has 1 heterocycles. The molecular weight excluding hydrogens is 216 g/mol. The lowest BCUT2D eigenvalue weighted by Crippen LogP contribution is -2.07. The molecule has 2 aromatic rings. The predicted molar refractivity (Wildman–Crippen MR) is 65.8 cm³/mol. The van der Waals surface area contributed by atoms with Gasteiger partial charge in [0.25, 0.3) is 0 Å². The molecule has 16 heavy (non-hydrogen) atoms. The summed E-state index contributed by atoms with van der Waals surface area (Å²) >= 11 is 1.74. The molecule has 0 amide bonds. The summed E-state index contributed by atoms with van der Waals surface area (Å²) in [5, 5.41) is 10.3. The van der Waals surface area contributed by atoms with Crippen LogP contribution >= 0.6 is 11.8 Å². The predicted octanol–water partition coefficient (Wildman–Crippen LogP) is 3.54. The molecule has 1 aliphatic heterocycles. The van der Waals surface area contributed by atoms with E-state index in [9.17, 15) is 5.11 Å². The van der Waals surface area contributed by atoms with Crippen LogP contribution in [0, 0.1) is 6.92 Å². The third-order valence-corrected chi connectivity index (χ3v) is 4.06. The monoisotopic (exact) mass is 228 g/mol. The molecule has 2 aromatic carbocycles. The normalized spacial score (nSPS) is 17.8. The number of benzene rings is 2. The van der Waals surface area contributed by atoms with Crippen LogP contribution in [-0.4, -0.2) is 5.11 Å². The molecule has 0 radical (unpaired) electrons. The van der Waals surface area contributed by atoms with Crippen LogP contribution in [0.1, 0.15) is 22.8 Å². The van der Waals surface area contributed by atoms with Gasteiger partial charge < -0.3 is 5.11 Å². The molecule has 80 valence electrons. The van der Waals surface area contributed by atoms with E-state index in [-0.39, 0.29) is 0 Å². The number of rotatable bonds is 0. The molecule has 0 saturated heterocycles. The third-order valence-electron chi connectivity index (χ3n) is 2.90. The Kier molecular flexibility index (Phi) is 2.27. The first-order valence-corrected chi connectivity index (χ1v) is 6.13. The first-order chi connectivity index (χ1) is 7.75. The quantitative estimate of drug-likeness (QED) is 0.744.